The highest BCUT2D eigenvalue weighted by Crippen LogP contribution is 2.23. The Kier molecular flexibility index (Phi) is 5.61. The molecule has 17 heavy (non-hydrogen) atoms. The number of carboxylic acid groups (broad SMARTS) is 1. The molecule has 1 aromatic heterocycles. The van der Waals surface area contributed by atoms with Crippen LogP contribution in [0.3, 0.4) is 0 Å². The fraction of sp³-hybridized carbons (Fsp3) is 0.583. The van der Waals surface area contributed by atoms with Crippen LogP contribution in [0.4, 0.5) is 0 Å². The highest BCUT2D eigenvalue weighted by molar-refractivity contribution is 7.12. The van der Waals surface area contributed by atoms with E-state index in [0.29, 0.717) is 6.54 Å². The fourth-order valence-corrected chi connectivity index (χ4v) is 2.50. The first-order valence-corrected chi connectivity index (χ1v) is 6.55. The summed E-state index contributed by atoms with van der Waals surface area (Å²) in [5, 5.41) is 12.3. The van der Waals surface area contributed by atoms with Gasteiger partial charge in [0.1, 0.15) is 6.04 Å². The molecule has 0 aliphatic rings. The molecule has 2 N–H and O–H groups in total. The number of thiophene rings is 1. The smallest absolute Gasteiger partial charge is 0.326 e. The van der Waals surface area contributed by atoms with Crippen molar-refractivity contribution >= 4 is 17.3 Å². The normalized spacial score (nSPS) is 12.9. The molecule has 1 heterocycles. The minimum Gasteiger partial charge on any atom is -0.480 e. The molecular formula is C12H20N2O2S. The van der Waals surface area contributed by atoms with Gasteiger partial charge < -0.3 is 10.0 Å². The van der Waals surface area contributed by atoms with Crippen LogP contribution in [-0.4, -0.2) is 43.2 Å². The van der Waals surface area contributed by atoms with Crippen molar-refractivity contribution in [1.29, 1.82) is 0 Å². The van der Waals surface area contributed by atoms with Crippen LogP contribution < -0.4 is 5.32 Å². The first-order valence-electron chi connectivity index (χ1n) is 5.74. The van der Waals surface area contributed by atoms with Crippen LogP contribution >= 0.6 is 11.3 Å². The molecule has 1 atom stereocenters. The van der Waals surface area contributed by atoms with Crippen molar-refractivity contribution in [2.24, 2.45) is 0 Å². The predicted octanol–water partition coefficient (Wildman–Crippen LogP) is 1.59. The minimum atomic E-state index is -0.812. The molecular weight excluding hydrogens is 236 g/mol. The Labute approximate surface area is 106 Å². The fourth-order valence-electron chi connectivity index (χ4n) is 1.48. The van der Waals surface area contributed by atoms with Crippen molar-refractivity contribution in [2.45, 2.75) is 19.4 Å². The molecule has 0 amide bonds. The van der Waals surface area contributed by atoms with Crippen LogP contribution in [0.2, 0.25) is 0 Å². The predicted molar refractivity (Wildman–Crippen MR) is 70.6 cm³/mol. The lowest BCUT2D eigenvalue weighted by Gasteiger charge is -2.15. The van der Waals surface area contributed by atoms with Gasteiger partial charge in [-0.2, -0.15) is 0 Å². The van der Waals surface area contributed by atoms with E-state index in [1.165, 1.54) is 4.88 Å². The summed E-state index contributed by atoms with van der Waals surface area (Å²) in [5.41, 5.74) is 0. The molecule has 0 spiro atoms. The molecule has 0 fully saturated rings. The Bertz CT molecular complexity index is 363. The largest absolute Gasteiger partial charge is 0.480 e. The number of rotatable bonds is 7. The number of nitrogens with one attached hydrogen (secondary N) is 1. The summed E-state index contributed by atoms with van der Waals surface area (Å²) in [6.45, 7) is 3.57. The molecule has 5 heteroatoms. The average molecular weight is 256 g/mol. The van der Waals surface area contributed by atoms with Crippen molar-refractivity contribution < 1.29 is 9.90 Å². The third-order valence-corrected chi connectivity index (χ3v) is 3.76. The minimum absolute atomic E-state index is 0.583. The third-order valence-electron chi connectivity index (χ3n) is 2.47. The summed E-state index contributed by atoms with van der Waals surface area (Å²) in [5.74, 6) is -0.812. The quantitative estimate of drug-likeness (QED) is 0.778. The molecule has 0 saturated carbocycles. The Morgan fingerprint density at radius 1 is 1.53 bits per heavy atom. The van der Waals surface area contributed by atoms with E-state index in [9.17, 15) is 9.90 Å². The molecule has 0 aliphatic heterocycles. The summed E-state index contributed by atoms with van der Waals surface area (Å²) in [7, 11) is 3.94. The number of aliphatic carboxylic acids is 1. The van der Waals surface area contributed by atoms with Crippen LogP contribution in [0.25, 0.3) is 0 Å². The highest BCUT2D eigenvalue weighted by atomic mass is 32.1. The number of likely N-dealkylation sites (N-methyl/N-ethyl adjacent to an activating group) is 1. The van der Waals surface area contributed by atoms with Crippen molar-refractivity contribution in [2.75, 3.05) is 27.2 Å². The topological polar surface area (TPSA) is 52.6 Å². The van der Waals surface area contributed by atoms with Gasteiger partial charge in [0.25, 0.3) is 0 Å². The first-order chi connectivity index (χ1) is 8.04. The summed E-state index contributed by atoms with van der Waals surface area (Å²) >= 11 is 1.57. The van der Waals surface area contributed by atoms with Crippen LogP contribution in [0.5, 0.6) is 0 Å². The van der Waals surface area contributed by atoms with E-state index in [-0.39, 0.29) is 0 Å². The van der Waals surface area contributed by atoms with Crippen LogP contribution in [0.15, 0.2) is 12.1 Å². The SMILES string of the molecule is CCc1ccc(C(NCCN(C)C)C(=O)O)s1. The van der Waals surface area contributed by atoms with Crippen LogP contribution in [-0.2, 0) is 11.2 Å². The molecule has 0 radical (unpaired) electrons. The van der Waals surface area contributed by atoms with Crippen LogP contribution in [0, 0.1) is 0 Å². The van der Waals surface area contributed by atoms with Gasteiger partial charge in [0, 0.05) is 22.8 Å². The third kappa shape index (κ3) is 4.46. The Morgan fingerprint density at radius 3 is 2.71 bits per heavy atom. The van der Waals surface area contributed by atoms with E-state index < -0.39 is 12.0 Å². The second kappa shape index (κ2) is 6.74. The van der Waals surface area contributed by atoms with Gasteiger partial charge in [0.15, 0.2) is 0 Å². The lowest BCUT2D eigenvalue weighted by molar-refractivity contribution is -0.139. The molecule has 0 aliphatic carbocycles. The van der Waals surface area contributed by atoms with Crippen molar-refractivity contribution in [1.82, 2.24) is 10.2 Å². The lowest BCUT2D eigenvalue weighted by atomic mass is 10.2. The summed E-state index contributed by atoms with van der Waals surface area (Å²) in [6, 6.07) is 3.33. The maximum Gasteiger partial charge on any atom is 0.326 e. The van der Waals surface area contributed by atoms with Gasteiger partial charge in [-0.05, 0) is 32.6 Å². The maximum absolute atomic E-state index is 11.2. The monoisotopic (exact) mass is 256 g/mol. The number of carboxylic acids is 1. The van der Waals surface area contributed by atoms with Gasteiger partial charge in [-0.3, -0.25) is 10.1 Å². The van der Waals surface area contributed by atoms with E-state index in [1.807, 2.05) is 31.1 Å². The Morgan fingerprint density at radius 2 is 2.24 bits per heavy atom. The zero-order chi connectivity index (χ0) is 12.8. The van der Waals surface area contributed by atoms with Gasteiger partial charge >= 0.3 is 5.97 Å². The zero-order valence-corrected chi connectivity index (χ0v) is 11.4. The summed E-state index contributed by atoms with van der Waals surface area (Å²) in [6.07, 6.45) is 0.953. The molecule has 1 unspecified atom stereocenters. The number of hydrogen-bond acceptors (Lipinski definition) is 4. The molecule has 4 nitrogen and oxygen atoms in total. The van der Waals surface area contributed by atoms with Crippen molar-refractivity contribution in [3.63, 3.8) is 0 Å². The van der Waals surface area contributed by atoms with Gasteiger partial charge in [0.2, 0.25) is 0 Å². The first kappa shape index (κ1) is 14.2. The molecule has 0 aromatic carbocycles. The second-order valence-electron chi connectivity index (χ2n) is 4.19. The van der Waals surface area contributed by atoms with Gasteiger partial charge in [-0.15, -0.1) is 11.3 Å². The molecule has 0 saturated heterocycles. The molecule has 1 aromatic rings. The lowest BCUT2D eigenvalue weighted by Crippen LogP contribution is -2.33. The van der Waals surface area contributed by atoms with E-state index in [2.05, 4.69) is 12.2 Å². The van der Waals surface area contributed by atoms with Crippen LogP contribution in [0.1, 0.15) is 22.7 Å². The number of aryl methyl sites for hydroxylation is 1. The van der Waals surface area contributed by atoms with E-state index >= 15 is 0 Å². The van der Waals surface area contributed by atoms with Crippen molar-refractivity contribution in [3.05, 3.63) is 21.9 Å². The van der Waals surface area contributed by atoms with E-state index in [0.717, 1.165) is 17.8 Å². The van der Waals surface area contributed by atoms with E-state index in [4.69, 9.17) is 0 Å². The molecule has 96 valence electrons. The number of hydrogen-bond donors (Lipinski definition) is 2. The standard InChI is InChI=1S/C12H20N2O2S/c1-4-9-5-6-10(17-9)11(12(15)16)13-7-8-14(2)3/h5-6,11,13H,4,7-8H2,1-3H3,(H,15,16). The van der Waals surface area contributed by atoms with Gasteiger partial charge in [-0.1, -0.05) is 6.92 Å². The summed E-state index contributed by atoms with van der Waals surface area (Å²) < 4.78 is 0. The molecule has 0 bridgehead atoms. The number of carbonyl (C=O) groups is 1. The zero-order valence-electron chi connectivity index (χ0n) is 10.6. The van der Waals surface area contributed by atoms with Gasteiger partial charge in [-0.25, -0.2) is 0 Å². The Hall–Kier alpha value is -0.910. The van der Waals surface area contributed by atoms with E-state index in [1.54, 1.807) is 11.3 Å². The summed E-state index contributed by atoms with van der Waals surface area (Å²) in [4.78, 5) is 15.3. The second-order valence-corrected chi connectivity index (χ2v) is 5.39. The Balaban J connectivity index is 2.62. The van der Waals surface area contributed by atoms with Gasteiger partial charge in [0.05, 0.1) is 0 Å². The average Bonchev–Trinajstić information content (AvgIpc) is 2.71. The van der Waals surface area contributed by atoms with Crippen molar-refractivity contribution in [3.8, 4) is 0 Å². The molecule has 1 rings (SSSR count). The maximum atomic E-state index is 11.2. The number of nitrogens with zero attached hydrogens (tertiary/aromatic N) is 1. The highest BCUT2D eigenvalue weighted by Gasteiger charge is 2.20.